The SMILES string of the molecule is CC1(F)CC(c2csc(COCC3CCC3)c2)=CC(F)=C1OCCCC(=O)O. The van der Waals surface area contributed by atoms with Gasteiger partial charge in [-0.15, -0.1) is 11.3 Å². The van der Waals surface area contributed by atoms with Crippen LogP contribution < -0.4 is 0 Å². The number of ether oxygens (including phenoxy) is 2. The molecule has 0 bridgehead atoms. The average molecular weight is 412 g/mol. The molecular weight excluding hydrogens is 386 g/mol. The molecule has 3 rings (SSSR count). The van der Waals surface area contributed by atoms with Gasteiger partial charge >= 0.3 is 5.97 Å². The molecule has 1 N–H and O–H groups in total. The molecule has 154 valence electrons. The summed E-state index contributed by atoms with van der Waals surface area (Å²) in [5, 5.41) is 10.5. The zero-order chi connectivity index (χ0) is 20.1. The van der Waals surface area contributed by atoms with E-state index in [1.807, 2.05) is 11.4 Å². The molecule has 0 spiro atoms. The lowest BCUT2D eigenvalue weighted by molar-refractivity contribution is -0.137. The van der Waals surface area contributed by atoms with E-state index in [-0.39, 0.29) is 31.6 Å². The highest BCUT2D eigenvalue weighted by molar-refractivity contribution is 7.10. The normalized spacial score (nSPS) is 22.8. The second-order valence-corrected chi connectivity index (χ2v) is 8.68. The minimum atomic E-state index is -1.97. The van der Waals surface area contributed by atoms with Gasteiger partial charge in [0.1, 0.15) is 0 Å². The van der Waals surface area contributed by atoms with Crippen LogP contribution in [0.4, 0.5) is 8.78 Å². The summed E-state index contributed by atoms with van der Waals surface area (Å²) in [7, 11) is 0. The molecule has 0 aliphatic heterocycles. The fourth-order valence-corrected chi connectivity index (χ4v) is 4.21. The Morgan fingerprint density at radius 2 is 2.21 bits per heavy atom. The lowest BCUT2D eigenvalue weighted by atomic mass is 9.86. The van der Waals surface area contributed by atoms with Crippen LogP contribution in [0.15, 0.2) is 29.1 Å². The molecule has 1 aromatic heterocycles. The minimum Gasteiger partial charge on any atom is -0.491 e. The number of aliphatic carboxylic acids is 1. The van der Waals surface area contributed by atoms with Gasteiger partial charge in [-0.05, 0) is 60.8 Å². The zero-order valence-electron chi connectivity index (χ0n) is 16.0. The minimum absolute atomic E-state index is 0.00773. The molecule has 0 radical (unpaired) electrons. The standard InChI is InChI=1S/C21H26F2O4S/c1-21(23)10-15(9-18(22)20(21)27-7-3-6-19(24)25)16-8-17(28-13-16)12-26-11-14-4-2-5-14/h8-9,13-14H,2-7,10-12H2,1H3,(H,24,25). The molecule has 2 aliphatic carbocycles. The molecule has 1 saturated carbocycles. The van der Waals surface area contributed by atoms with Gasteiger partial charge in [-0.3, -0.25) is 4.79 Å². The summed E-state index contributed by atoms with van der Waals surface area (Å²) in [5.41, 5.74) is -0.585. The first-order valence-electron chi connectivity index (χ1n) is 9.65. The van der Waals surface area contributed by atoms with Gasteiger partial charge in [0, 0.05) is 24.3 Å². The van der Waals surface area contributed by atoms with Gasteiger partial charge in [0.05, 0.1) is 13.2 Å². The topological polar surface area (TPSA) is 55.8 Å². The Morgan fingerprint density at radius 1 is 1.43 bits per heavy atom. The Labute approximate surface area is 167 Å². The number of halogens is 2. The Kier molecular flexibility index (Phi) is 6.88. The van der Waals surface area contributed by atoms with Gasteiger partial charge in [0.2, 0.25) is 0 Å². The van der Waals surface area contributed by atoms with Crippen molar-refractivity contribution in [2.24, 2.45) is 5.92 Å². The van der Waals surface area contributed by atoms with Crippen molar-refractivity contribution in [3.05, 3.63) is 39.5 Å². The number of hydrogen-bond acceptors (Lipinski definition) is 4. The summed E-state index contributed by atoms with van der Waals surface area (Å²) in [5.74, 6) is -1.37. The maximum atomic E-state index is 15.0. The summed E-state index contributed by atoms with van der Waals surface area (Å²) >= 11 is 1.53. The Balaban J connectivity index is 1.60. The summed E-state index contributed by atoms with van der Waals surface area (Å²) in [4.78, 5) is 11.6. The Bertz CT molecular complexity index is 762. The third-order valence-electron chi connectivity index (χ3n) is 5.14. The Morgan fingerprint density at radius 3 is 2.86 bits per heavy atom. The first-order valence-corrected chi connectivity index (χ1v) is 10.5. The highest BCUT2D eigenvalue weighted by atomic mass is 32.1. The first kappa shape index (κ1) is 21.0. The number of carboxylic acids is 1. The average Bonchev–Trinajstić information content (AvgIpc) is 3.03. The first-order chi connectivity index (χ1) is 13.3. The molecule has 2 aliphatic rings. The maximum Gasteiger partial charge on any atom is 0.303 e. The largest absolute Gasteiger partial charge is 0.491 e. The number of hydrogen-bond donors (Lipinski definition) is 1. The van der Waals surface area contributed by atoms with Crippen molar-refractivity contribution in [1.29, 1.82) is 0 Å². The van der Waals surface area contributed by atoms with Crippen LogP contribution in [-0.2, 0) is 20.9 Å². The molecule has 1 aromatic rings. The third kappa shape index (κ3) is 5.41. The van der Waals surface area contributed by atoms with E-state index >= 15 is 4.39 Å². The van der Waals surface area contributed by atoms with Crippen molar-refractivity contribution in [3.63, 3.8) is 0 Å². The van der Waals surface area contributed by atoms with Gasteiger partial charge in [-0.2, -0.15) is 0 Å². The second-order valence-electron chi connectivity index (χ2n) is 7.68. The summed E-state index contributed by atoms with van der Waals surface area (Å²) in [6.45, 7) is 2.57. The van der Waals surface area contributed by atoms with Crippen molar-refractivity contribution in [2.45, 2.75) is 57.7 Å². The van der Waals surface area contributed by atoms with Crippen molar-refractivity contribution in [3.8, 4) is 0 Å². The molecule has 1 heterocycles. The van der Waals surface area contributed by atoms with Gasteiger partial charge in [-0.1, -0.05) is 6.42 Å². The summed E-state index contributed by atoms with van der Waals surface area (Å²) in [6, 6.07) is 1.93. The summed E-state index contributed by atoms with van der Waals surface area (Å²) < 4.78 is 40.6. The predicted molar refractivity (Wildman–Crippen MR) is 104 cm³/mol. The zero-order valence-corrected chi connectivity index (χ0v) is 16.8. The molecule has 0 aromatic carbocycles. The molecule has 4 nitrogen and oxygen atoms in total. The van der Waals surface area contributed by atoms with Crippen molar-refractivity contribution in [1.82, 2.24) is 0 Å². The van der Waals surface area contributed by atoms with Crippen molar-refractivity contribution in [2.75, 3.05) is 13.2 Å². The summed E-state index contributed by atoms with van der Waals surface area (Å²) in [6.07, 6.45) is 5.20. The lowest BCUT2D eigenvalue weighted by Gasteiger charge is -2.28. The highest BCUT2D eigenvalue weighted by Gasteiger charge is 2.38. The Hall–Kier alpha value is -1.73. The van der Waals surface area contributed by atoms with Crippen LogP contribution in [-0.4, -0.2) is 30.0 Å². The van der Waals surface area contributed by atoms with Gasteiger partial charge in [0.15, 0.2) is 17.3 Å². The number of thiophene rings is 1. The second kappa shape index (κ2) is 9.18. The van der Waals surface area contributed by atoms with Crippen molar-refractivity contribution < 1.29 is 28.2 Å². The van der Waals surface area contributed by atoms with Crippen molar-refractivity contribution >= 4 is 22.9 Å². The fourth-order valence-electron chi connectivity index (χ4n) is 3.37. The van der Waals surface area contributed by atoms with Crippen LogP contribution >= 0.6 is 11.3 Å². The van der Waals surface area contributed by atoms with E-state index < -0.39 is 17.5 Å². The van der Waals surface area contributed by atoms with Crippen LogP contribution in [0.2, 0.25) is 0 Å². The third-order valence-corrected chi connectivity index (χ3v) is 6.05. The van der Waals surface area contributed by atoms with Gasteiger partial charge < -0.3 is 14.6 Å². The van der Waals surface area contributed by atoms with E-state index in [9.17, 15) is 9.18 Å². The molecule has 1 fully saturated rings. The number of rotatable bonds is 10. The lowest BCUT2D eigenvalue weighted by Crippen LogP contribution is -2.27. The maximum absolute atomic E-state index is 15.0. The van der Waals surface area contributed by atoms with Crippen LogP contribution in [0, 0.1) is 5.92 Å². The van der Waals surface area contributed by atoms with Crippen LogP contribution in [0.3, 0.4) is 0 Å². The highest BCUT2D eigenvalue weighted by Crippen LogP contribution is 2.42. The smallest absolute Gasteiger partial charge is 0.303 e. The number of allylic oxidation sites excluding steroid dienone is 4. The van der Waals surface area contributed by atoms with E-state index in [2.05, 4.69) is 0 Å². The number of carbonyl (C=O) groups is 1. The van der Waals surface area contributed by atoms with E-state index in [0.717, 1.165) is 17.0 Å². The molecule has 1 unspecified atom stereocenters. The van der Waals surface area contributed by atoms with Crippen LogP contribution in [0.1, 0.15) is 55.9 Å². The monoisotopic (exact) mass is 412 g/mol. The van der Waals surface area contributed by atoms with Gasteiger partial charge in [0.25, 0.3) is 0 Å². The van der Waals surface area contributed by atoms with Crippen LogP contribution in [0.25, 0.3) is 5.57 Å². The predicted octanol–water partition coefficient (Wildman–Crippen LogP) is 5.64. The molecule has 28 heavy (non-hydrogen) atoms. The molecular formula is C21H26F2O4S. The molecule has 0 saturated heterocycles. The molecule has 7 heteroatoms. The van der Waals surface area contributed by atoms with Crippen LogP contribution in [0.5, 0.6) is 0 Å². The molecule has 0 amide bonds. The van der Waals surface area contributed by atoms with Gasteiger partial charge in [-0.25, -0.2) is 8.78 Å². The molecule has 1 atom stereocenters. The quantitative estimate of drug-likeness (QED) is 0.505. The van der Waals surface area contributed by atoms with E-state index in [4.69, 9.17) is 14.6 Å². The van der Waals surface area contributed by atoms with E-state index in [1.165, 1.54) is 43.6 Å². The fraction of sp³-hybridized carbons (Fsp3) is 0.571. The van der Waals surface area contributed by atoms with E-state index in [0.29, 0.717) is 18.1 Å². The number of alkyl halides is 1. The van der Waals surface area contributed by atoms with E-state index in [1.54, 1.807) is 0 Å². The number of carboxylic acid groups (broad SMARTS) is 1.